The molecule has 28 heavy (non-hydrogen) atoms. The maximum absolute atomic E-state index is 12.6. The van der Waals surface area contributed by atoms with Crippen LogP contribution in [0.3, 0.4) is 0 Å². The van der Waals surface area contributed by atoms with Gasteiger partial charge in [-0.25, -0.2) is 0 Å². The minimum absolute atomic E-state index is 0.196. The minimum Gasteiger partial charge on any atom is -0.343 e. The molecule has 2 saturated heterocycles. The Morgan fingerprint density at radius 3 is 2.61 bits per heavy atom. The van der Waals surface area contributed by atoms with Crippen molar-refractivity contribution in [3.05, 3.63) is 35.7 Å². The molecule has 2 aromatic rings. The Bertz CT molecular complexity index is 796. The third-order valence-corrected chi connectivity index (χ3v) is 6.37. The minimum atomic E-state index is 0.196. The van der Waals surface area contributed by atoms with Gasteiger partial charge in [0, 0.05) is 38.0 Å². The summed E-state index contributed by atoms with van der Waals surface area (Å²) >= 11 is 0. The number of hydrogen-bond donors (Lipinski definition) is 1. The second-order valence-corrected chi connectivity index (χ2v) is 8.60. The summed E-state index contributed by atoms with van der Waals surface area (Å²) < 4.78 is 5.37. The zero-order valence-electron chi connectivity index (χ0n) is 16.9. The molecule has 0 radical (unpaired) electrons. The van der Waals surface area contributed by atoms with Crippen LogP contribution in [0.1, 0.15) is 56.9 Å². The SMILES string of the molecule is CC(C)c1ccc(-c2noc(CCC(=O)N3CCC4(CCNC4)CC3)n2)cc1. The van der Waals surface area contributed by atoms with E-state index in [1.807, 2.05) is 17.0 Å². The Balaban J connectivity index is 1.29. The summed E-state index contributed by atoms with van der Waals surface area (Å²) in [6.45, 7) is 8.32. The quantitative estimate of drug-likeness (QED) is 0.858. The van der Waals surface area contributed by atoms with Gasteiger partial charge in [-0.2, -0.15) is 4.98 Å². The summed E-state index contributed by atoms with van der Waals surface area (Å²) in [4.78, 5) is 19.1. The lowest BCUT2D eigenvalue weighted by Crippen LogP contribution is -2.44. The highest BCUT2D eigenvalue weighted by molar-refractivity contribution is 5.76. The van der Waals surface area contributed by atoms with Gasteiger partial charge >= 0.3 is 0 Å². The maximum Gasteiger partial charge on any atom is 0.227 e. The fraction of sp³-hybridized carbons (Fsp3) is 0.591. The molecule has 1 aromatic carbocycles. The molecule has 6 heteroatoms. The highest BCUT2D eigenvalue weighted by Crippen LogP contribution is 2.37. The Kier molecular flexibility index (Phi) is 5.49. The van der Waals surface area contributed by atoms with Crippen LogP contribution in [-0.4, -0.2) is 47.1 Å². The smallest absolute Gasteiger partial charge is 0.227 e. The van der Waals surface area contributed by atoms with Gasteiger partial charge in [0.25, 0.3) is 0 Å². The van der Waals surface area contributed by atoms with Crippen molar-refractivity contribution < 1.29 is 9.32 Å². The van der Waals surface area contributed by atoms with Gasteiger partial charge in [-0.1, -0.05) is 43.3 Å². The summed E-state index contributed by atoms with van der Waals surface area (Å²) in [5.41, 5.74) is 2.66. The van der Waals surface area contributed by atoms with Crippen LogP contribution in [0.15, 0.2) is 28.8 Å². The number of carbonyl (C=O) groups is 1. The van der Waals surface area contributed by atoms with Gasteiger partial charge in [-0.15, -0.1) is 0 Å². The molecule has 1 amide bonds. The van der Waals surface area contributed by atoms with E-state index in [1.165, 1.54) is 12.0 Å². The third-order valence-electron chi connectivity index (χ3n) is 6.37. The molecular formula is C22H30N4O2. The van der Waals surface area contributed by atoms with E-state index in [0.717, 1.165) is 44.6 Å². The standard InChI is InChI=1S/C22H30N4O2/c1-16(2)17-3-5-18(6-4-17)21-24-19(28-25-21)7-8-20(27)26-13-10-22(11-14-26)9-12-23-15-22/h3-6,16,23H,7-15H2,1-2H3. The summed E-state index contributed by atoms with van der Waals surface area (Å²) in [5, 5.41) is 7.55. The fourth-order valence-corrected chi connectivity index (χ4v) is 4.32. The average molecular weight is 383 g/mol. The molecule has 1 N–H and O–H groups in total. The van der Waals surface area contributed by atoms with Crippen molar-refractivity contribution in [3.63, 3.8) is 0 Å². The number of likely N-dealkylation sites (tertiary alicyclic amines) is 1. The first-order chi connectivity index (χ1) is 13.5. The largest absolute Gasteiger partial charge is 0.343 e. The number of nitrogens with one attached hydrogen (secondary N) is 1. The predicted octanol–water partition coefficient (Wildman–Crippen LogP) is 3.39. The molecule has 2 aliphatic heterocycles. The van der Waals surface area contributed by atoms with Gasteiger partial charge < -0.3 is 14.7 Å². The zero-order valence-corrected chi connectivity index (χ0v) is 16.9. The van der Waals surface area contributed by atoms with E-state index >= 15 is 0 Å². The molecule has 0 saturated carbocycles. The number of amides is 1. The topological polar surface area (TPSA) is 71.3 Å². The van der Waals surface area contributed by atoms with Crippen molar-refractivity contribution in [2.24, 2.45) is 5.41 Å². The van der Waals surface area contributed by atoms with Crippen molar-refractivity contribution in [3.8, 4) is 11.4 Å². The van der Waals surface area contributed by atoms with Gasteiger partial charge in [-0.3, -0.25) is 4.79 Å². The van der Waals surface area contributed by atoms with Crippen LogP contribution in [-0.2, 0) is 11.2 Å². The van der Waals surface area contributed by atoms with Gasteiger partial charge in [0.2, 0.25) is 17.6 Å². The molecule has 3 heterocycles. The molecular weight excluding hydrogens is 352 g/mol. The lowest BCUT2D eigenvalue weighted by molar-refractivity contribution is -0.133. The molecule has 0 bridgehead atoms. The number of hydrogen-bond acceptors (Lipinski definition) is 5. The second-order valence-electron chi connectivity index (χ2n) is 8.60. The van der Waals surface area contributed by atoms with Crippen LogP contribution < -0.4 is 5.32 Å². The first-order valence-electron chi connectivity index (χ1n) is 10.5. The number of aryl methyl sites for hydroxylation is 1. The number of rotatable bonds is 5. The van der Waals surface area contributed by atoms with Gasteiger partial charge in [0.15, 0.2) is 0 Å². The van der Waals surface area contributed by atoms with E-state index in [9.17, 15) is 4.79 Å². The molecule has 0 atom stereocenters. The number of piperidine rings is 1. The van der Waals surface area contributed by atoms with E-state index in [2.05, 4.69) is 41.4 Å². The normalized spacial score (nSPS) is 18.9. The van der Waals surface area contributed by atoms with Crippen molar-refractivity contribution >= 4 is 5.91 Å². The first kappa shape index (κ1) is 19.1. The van der Waals surface area contributed by atoms with E-state index in [4.69, 9.17) is 4.52 Å². The van der Waals surface area contributed by atoms with Crippen LogP contribution in [0.4, 0.5) is 0 Å². The van der Waals surface area contributed by atoms with Crippen molar-refractivity contribution in [1.29, 1.82) is 0 Å². The molecule has 2 fully saturated rings. The Labute approximate surface area is 166 Å². The van der Waals surface area contributed by atoms with Crippen molar-refractivity contribution in [1.82, 2.24) is 20.4 Å². The maximum atomic E-state index is 12.6. The van der Waals surface area contributed by atoms with E-state index in [0.29, 0.717) is 35.9 Å². The van der Waals surface area contributed by atoms with Crippen molar-refractivity contribution in [2.75, 3.05) is 26.2 Å². The number of carbonyl (C=O) groups excluding carboxylic acids is 1. The Morgan fingerprint density at radius 1 is 1.21 bits per heavy atom. The fourth-order valence-electron chi connectivity index (χ4n) is 4.32. The molecule has 6 nitrogen and oxygen atoms in total. The summed E-state index contributed by atoms with van der Waals surface area (Å²) in [7, 11) is 0. The molecule has 1 aromatic heterocycles. The van der Waals surface area contributed by atoms with Crippen molar-refractivity contribution in [2.45, 2.75) is 51.9 Å². The summed E-state index contributed by atoms with van der Waals surface area (Å²) in [6.07, 6.45) is 4.40. The lowest BCUT2D eigenvalue weighted by Gasteiger charge is -2.38. The second kappa shape index (κ2) is 8.03. The van der Waals surface area contributed by atoms with Crippen LogP contribution in [0.5, 0.6) is 0 Å². The van der Waals surface area contributed by atoms with Crippen LogP contribution in [0.2, 0.25) is 0 Å². The highest BCUT2D eigenvalue weighted by Gasteiger charge is 2.37. The average Bonchev–Trinajstić information content (AvgIpc) is 3.37. The van der Waals surface area contributed by atoms with Gasteiger partial charge in [0.1, 0.15) is 0 Å². The monoisotopic (exact) mass is 382 g/mol. The van der Waals surface area contributed by atoms with Crippen LogP contribution in [0.25, 0.3) is 11.4 Å². The van der Waals surface area contributed by atoms with E-state index in [1.54, 1.807) is 0 Å². The molecule has 0 unspecified atom stereocenters. The molecule has 150 valence electrons. The van der Waals surface area contributed by atoms with E-state index < -0.39 is 0 Å². The Morgan fingerprint density at radius 2 is 1.96 bits per heavy atom. The number of nitrogens with zero attached hydrogens (tertiary/aromatic N) is 3. The molecule has 0 aliphatic carbocycles. The summed E-state index contributed by atoms with van der Waals surface area (Å²) in [6, 6.07) is 8.25. The van der Waals surface area contributed by atoms with Crippen LogP contribution >= 0.6 is 0 Å². The van der Waals surface area contributed by atoms with E-state index in [-0.39, 0.29) is 5.91 Å². The molecule has 2 aliphatic rings. The predicted molar refractivity (Wildman–Crippen MR) is 108 cm³/mol. The first-order valence-corrected chi connectivity index (χ1v) is 10.5. The lowest BCUT2D eigenvalue weighted by atomic mass is 9.78. The molecule has 1 spiro atoms. The highest BCUT2D eigenvalue weighted by atomic mass is 16.5. The van der Waals surface area contributed by atoms with Crippen LogP contribution in [0, 0.1) is 5.41 Å². The zero-order chi connectivity index (χ0) is 19.6. The third kappa shape index (κ3) is 4.12. The summed E-state index contributed by atoms with van der Waals surface area (Å²) in [5.74, 6) is 1.81. The molecule has 4 rings (SSSR count). The van der Waals surface area contributed by atoms with Gasteiger partial charge in [-0.05, 0) is 42.7 Å². The Hall–Kier alpha value is -2.21. The van der Waals surface area contributed by atoms with Gasteiger partial charge in [0.05, 0.1) is 0 Å². The number of aromatic nitrogens is 2. The number of benzene rings is 1.